The van der Waals surface area contributed by atoms with E-state index < -0.39 is 11.6 Å². The number of benzene rings is 2. The number of halogens is 2. The highest BCUT2D eigenvalue weighted by molar-refractivity contribution is 6.32. The van der Waals surface area contributed by atoms with Crippen molar-refractivity contribution in [3.63, 3.8) is 0 Å². The fourth-order valence-corrected chi connectivity index (χ4v) is 5.19. The van der Waals surface area contributed by atoms with Crippen LogP contribution >= 0.6 is 11.6 Å². The molecule has 3 N–H and O–H groups in total. The summed E-state index contributed by atoms with van der Waals surface area (Å²) in [5, 5.41) is 12.1. The second-order valence-corrected chi connectivity index (χ2v) is 9.94. The molecule has 186 valence electrons. The van der Waals surface area contributed by atoms with Gasteiger partial charge in [0.2, 0.25) is 0 Å². The van der Waals surface area contributed by atoms with Gasteiger partial charge in [0, 0.05) is 24.2 Å². The number of phenols is 1. The molecule has 6 nitrogen and oxygen atoms in total. The Hall–Kier alpha value is -2.74. The van der Waals surface area contributed by atoms with Crippen LogP contribution in [0.1, 0.15) is 49.9 Å². The summed E-state index contributed by atoms with van der Waals surface area (Å²) in [4.78, 5) is 19.4. The summed E-state index contributed by atoms with van der Waals surface area (Å²) < 4.78 is 14.2. The summed E-state index contributed by atoms with van der Waals surface area (Å²) >= 11 is 6.01. The predicted molar refractivity (Wildman–Crippen MR) is 139 cm³/mol. The van der Waals surface area contributed by atoms with Gasteiger partial charge in [-0.15, -0.1) is 0 Å². The maximum Gasteiger partial charge on any atom is 0.170 e. The lowest BCUT2D eigenvalue weighted by Gasteiger charge is -2.37. The van der Waals surface area contributed by atoms with E-state index >= 15 is 0 Å². The van der Waals surface area contributed by atoms with Gasteiger partial charge in [-0.05, 0) is 87.5 Å². The molecule has 0 atom stereocenters. The SMILES string of the molecule is CCN(C)C[C@H]1CC[C@H](N(N)c2c(C(C)=O)cnc3ccc(-c4cc(F)c(O)c(Cl)c4)cc23)CC1. The number of nitrogens with two attached hydrogens (primary N) is 1. The molecule has 8 heteroatoms. The van der Waals surface area contributed by atoms with Crippen LogP contribution in [0.5, 0.6) is 5.75 Å². The molecule has 0 bridgehead atoms. The molecule has 1 saturated carbocycles. The molecule has 4 rings (SSSR count). The Morgan fingerprint density at radius 2 is 1.91 bits per heavy atom. The lowest BCUT2D eigenvalue weighted by atomic mass is 9.85. The third-order valence-electron chi connectivity index (χ3n) is 7.15. The number of nitrogens with zero attached hydrogens (tertiary/aromatic N) is 3. The van der Waals surface area contributed by atoms with Gasteiger partial charge in [0.1, 0.15) is 0 Å². The summed E-state index contributed by atoms with van der Waals surface area (Å²) in [6.07, 6.45) is 5.63. The summed E-state index contributed by atoms with van der Waals surface area (Å²) in [5.74, 6) is 5.89. The molecule has 0 saturated heterocycles. The molecule has 1 aliphatic carbocycles. The third kappa shape index (κ3) is 5.27. The first-order valence-corrected chi connectivity index (χ1v) is 12.4. The predicted octanol–water partition coefficient (Wildman–Crippen LogP) is 5.79. The quantitative estimate of drug-likeness (QED) is 0.243. The van der Waals surface area contributed by atoms with Crippen molar-refractivity contribution in [1.82, 2.24) is 9.88 Å². The molecule has 35 heavy (non-hydrogen) atoms. The highest BCUT2D eigenvalue weighted by Gasteiger charge is 2.28. The molecule has 0 amide bonds. The minimum atomic E-state index is -0.797. The van der Waals surface area contributed by atoms with Crippen LogP contribution in [0, 0.1) is 11.7 Å². The lowest BCUT2D eigenvalue weighted by Crippen LogP contribution is -2.45. The number of fused-ring (bicyclic) bond motifs is 1. The fourth-order valence-electron chi connectivity index (χ4n) is 4.98. The van der Waals surface area contributed by atoms with Gasteiger partial charge in [0.05, 0.1) is 21.8 Å². The molecule has 0 aliphatic heterocycles. The minimum absolute atomic E-state index is 0.0677. The number of rotatable bonds is 7. The van der Waals surface area contributed by atoms with Gasteiger partial charge in [-0.3, -0.25) is 9.78 Å². The summed E-state index contributed by atoms with van der Waals surface area (Å²) in [7, 11) is 2.15. The molecule has 1 aliphatic rings. The van der Waals surface area contributed by atoms with E-state index in [0.29, 0.717) is 33.8 Å². The zero-order valence-electron chi connectivity index (χ0n) is 20.4. The Bertz CT molecular complexity index is 1220. The van der Waals surface area contributed by atoms with Gasteiger partial charge in [-0.2, -0.15) is 0 Å². The van der Waals surface area contributed by atoms with Crippen LogP contribution in [0.4, 0.5) is 10.1 Å². The molecule has 1 aromatic heterocycles. The van der Waals surface area contributed by atoms with Crippen LogP contribution in [0.15, 0.2) is 36.5 Å². The van der Waals surface area contributed by atoms with E-state index in [2.05, 4.69) is 23.9 Å². The van der Waals surface area contributed by atoms with Gasteiger partial charge in [0.15, 0.2) is 17.3 Å². The van der Waals surface area contributed by atoms with E-state index in [1.807, 2.05) is 18.2 Å². The van der Waals surface area contributed by atoms with Gasteiger partial charge >= 0.3 is 0 Å². The van der Waals surface area contributed by atoms with Crippen molar-refractivity contribution < 1.29 is 14.3 Å². The van der Waals surface area contributed by atoms with E-state index in [9.17, 15) is 14.3 Å². The highest BCUT2D eigenvalue weighted by Crippen LogP contribution is 2.38. The summed E-state index contributed by atoms with van der Waals surface area (Å²) in [6.45, 7) is 5.79. The van der Waals surface area contributed by atoms with Crippen molar-refractivity contribution in [2.24, 2.45) is 11.8 Å². The number of aromatic nitrogens is 1. The number of pyridine rings is 1. The van der Waals surface area contributed by atoms with Crippen molar-refractivity contribution >= 4 is 34.0 Å². The van der Waals surface area contributed by atoms with Crippen molar-refractivity contribution in [3.05, 3.63) is 52.9 Å². The third-order valence-corrected chi connectivity index (χ3v) is 7.43. The second kappa shape index (κ2) is 10.5. The zero-order valence-corrected chi connectivity index (χ0v) is 21.1. The Labute approximate surface area is 210 Å². The fraction of sp³-hybridized carbons (Fsp3) is 0.407. The summed E-state index contributed by atoms with van der Waals surface area (Å²) in [5.41, 5.74) is 2.98. The Morgan fingerprint density at radius 3 is 2.54 bits per heavy atom. The summed E-state index contributed by atoms with van der Waals surface area (Å²) in [6, 6.07) is 8.34. The Kier molecular flexibility index (Phi) is 7.59. The number of carbonyl (C=O) groups is 1. The Balaban J connectivity index is 1.72. The van der Waals surface area contributed by atoms with Gasteiger partial charge < -0.3 is 15.0 Å². The second-order valence-electron chi connectivity index (χ2n) is 9.53. The molecular weight excluding hydrogens is 467 g/mol. The molecule has 0 radical (unpaired) electrons. The topological polar surface area (TPSA) is 82.7 Å². The van der Waals surface area contributed by atoms with Gasteiger partial charge in [0.25, 0.3) is 0 Å². The van der Waals surface area contributed by atoms with Crippen molar-refractivity contribution in [1.29, 1.82) is 0 Å². The van der Waals surface area contributed by atoms with Crippen LogP contribution in [0.25, 0.3) is 22.0 Å². The van der Waals surface area contributed by atoms with Crippen molar-refractivity contribution in [2.75, 3.05) is 25.1 Å². The van der Waals surface area contributed by atoms with Crippen LogP contribution in [0.2, 0.25) is 5.02 Å². The normalized spacial score (nSPS) is 18.3. The molecule has 3 aromatic rings. The Morgan fingerprint density at radius 1 is 1.20 bits per heavy atom. The number of ketones is 1. The number of hydrogen-bond acceptors (Lipinski definition) is 6. The number of anilines is 1. The number of hydrazine groups is 1. The van der Waals surface area contributed by atoms with E-state index in [0.717, 1.165) is 44.2 Å². The number of hydrogen-bond donors (Lipinski definition) is 2. The molecule has 0 spiro atoms. The number of carbonyl (C=O) groups excluding carboxylic acids is 1. The number of phenolic OH excluding ortho intramolecular Hbond substituents is 1. The number of aromatic hydroxyl groups is 1. The molecule has 1 heterocycles. The first-order chi connectivity index (χ1) is 16.7. The van der Waals surface area contributed by atoms with Crippen LogP contribution in [-0.4, -0.2) is 47.0 Å². The first kappa shape index (κ1) is 25.4. The van der Waals surface area contributed by atoms with Gasteiger partial charge in [-0.1, -0.05) is 24.6 Å². The maximum atomic E-state index is 14.2. The average Bonchev–Trinajstić information content (AvgIpc) is 2.85. The molecule has 2 aromatic carbocycles. The van der Waals surface area contributed by atoms with E-state index in [4.69, 9.17) is 17.4 Å². The van der Waals surface area contributed by atoms with Crippen LogP contribution in [-0.2, 0) is 0 Å². The molecule has 0 unspecified atom stereocenters. The zero-order chi connectivity index (χ0) is 25.3. The monoisotopic (exact) mass is 498 g/mol. The van der Waals surface area contributed by atoms with Crippen LogP contribution in [0.3, 0.4) is 0 Å². The largest absolute Gasteiger partial charge is 0.504 e. The van der Waals surface area contributed by atoms with Crippen molar-refractivity contribution in [2.45, 2.75) is 45.6 Å². The van der Waals surface area contributed by atoms with E-state index in [1.54, 1.807) is 11.2 Å². The smallest absolute Gasteiger partial charge is 0.170 e. The lowest BCUT2D eigenvalue weighted by molar-refractivity contribution is 0.101. The maximum absolute atomic E-state index is 14.2. The molecular formula is C27H32ClFN4O2. The van der Waals surface area contributed by atoms with Crippen LogP contribution < -0.4 is 10.9 Å². The average molecular weight is 499 g/mol. The van der Waals surface area contributed by atoms with Gasteiger partial charge in [-0.25, -0.2) is 10.2 Å². The number of Topliss-reactive ketones (excluding diaryl/α,β-unsaturated/α-hetero) is 1. The van der Waals surface area contributed by atoms with Crippen molar-refractivity contribution in [3.8, 4) is 16.9 Å². The standard InChI is InChI=1S/C27H32ClFN4O2/c1-4-32(3)15-17-5-8-20(9-6-17)33(30)26-21-11-18(19-12-23(28)27(35)24(29)13-19)7-10-25(21)31-14-22(26)16(2)34/h7,10-14,17,20,35H,4-6,8-9,15,30H2,1-3H3/t17-,20-. The molecule has 1 fully saturated rings. The minimum Gasteiger partial charge on any atom is -0.504 e. The highest BCUT2D eigenvalue weighted by atomic mass is 35.5. The van der Waals surface area contributed by atoms with E-state index in [1.165, 1.54) is 19.1 Å². The van der Waals surface area contributed by atoms with E-state index in [-0.39, 0.29) is 16.8 Å². The first-order valence-electron chi connectivity index (χ1n) is 12.0.